The van der Waals surface area contributed by atoms with Crippen molar-refractivity contribution in [1.29, 1.82) is 0 Å². The van der Waals surface area contributed by atoms with Crippen molar-refractivity contribution in [3.05, 3.63) is 52.1 Å². The van der Waals surface area contributed by atoms with Crippen LogP contribution in [0.3, 0.4) is 0 Å². The van der Waals surface area contributed by atoms with Gasteiger partial charge in [0.2, 0.25) is 0 Å². The van der Waals surface area contributed by atoms with Crippen molar-refractivity contribution in [3.8, 4) is 12.3 Å². The van der Waals surface area contributed by atoms with Crippen molar-refractivity contribution in [2.45, 2.75) is 88.6 Å². The molecule has 1 aromatic rings. The number of hydrogen-bond donors (Lipinski definition) is 1. The average Bonchev–Trinajstić information content (AvgIpc) is 3.64. The largest absolute Gasteiger partial charge is 0.382 e. The molecule has 3 saturated carbocycles. The normalized spacial score (nSPS) is 35.6. The maximum Gasteiger partial charge on any atom is 0.336 e. The summed E-state index contributed by atoms with van der Waals surface area (Å²) >= 11 is 0. The number of allylic oxidation sites excluding steroid dienone is 4. The predicted octanol–water partition coefficient (Wildman–Crippen LogP) is 6.60. The number of halogens is 2. The summed E-state index contributed by atoms with van der Waals surface area (Å²) in [6.45, 7) is 1.83. The lowest BCUT2D eigenvalue weighted by atomic mass is 9.54. The summed E-state index contributed by atoms with van der Waals surface area (Å²) < 4.78 is 29.5. The number of aliphatic hydroxyl groups is 1. The molecule has 4 atom stereocenters. The Labute approximate surface area is 200 Å². The van der Waals surface area contributed by atoms with E-state index in [9.17, 15) is 18.7 Å². The smallest absolute Gasteiger partial charge is 0.336 e. The zero-order valence-electron chi connectivity index (χ0n) is 19.8. The zero-order chi connectivity index (χ0) is 23.9. The van der Waals surface area contributed by atoms with Crippen molar-refractivity contribution in [1.82, 2.24) is 0 Å². The van der Waals surface area contributed by atoms with Gasteiger partial charge in [-0.1, -0.05) is 36.8 Å². The number of benzene rings is 1. The van der Waals surface area contributed by atoms with E-state index in [0.29, 0.717) is 31.6 Å². The number of Topliss-reactive ketones (excluding diaryl/α,β-unsaturated/α-hetero) is 1. The molecule has 0 saturated heterocycles. The monoisotopic (exact) mass is 462 g/mol. The Morgan fingerprint density at radius 2 is 1.74 bits per heavy atom. The van der Waals surface area contributed by atoms with Crippen LogP contribution in [0.25, 0.3) is 5.57 Å². The van der Waals surface area contributed by atoms with Crippen LogP contribution in [0.5, 0.6) is 0 Å². The van der Waals surface area contributed by atoms with Gasteiger partial charge in [-0.25, -0.2) is 0 Å². The van der Waals surface area contributed by atoms with Gasteiger partial charge < -0.3 is 5.11 Å². The third kappa shape index (κ3) is 2.92. The molecule has 0 amide bonds. The first-order valence-electron chi connectivity index (χ1n) is 12.9. The minimum absolute atomic E-state index is 0.00608. The molecule has 178 valence electrons. The summed E-state index contributed by atoms with van der Waals surface area (Å²) in [7, 11) is 0. The van der Waals surface area contributed by atoms with Crippen molar-refractivity contribution >= 4 is 11.4 Å². The van der Waals surface area contributed by atoms with Gasteiger partial charge in [-0.2, -0.15) is 8.78 Å². The number of alkyl halides is 2. The van der Waals surface area contributed by atoms with Crippen LogP contribution in [0, 0.1) is 29.6 Å². The summed E-state index contributed by atoms with van der Waals surface area (Å²) in [5.74, 6) is -0.837. The summed E-state index contributed by atoms with van der Waals surface area (Å²) in [4.78, 5) is 13.1. The second kappa shape index (κ2) is 7.37. The van der Waals surface area contributed by atoms with Crippen LogP contribution >= 0.6 is 0 Å². The van der Waals surface area contributed by atoms with Crippen molar-refractivity contribution in [3.63, 3.8) is 0 Å². The number of fused-ring (bicyclic) bond motifs is 4. The van der Waals surface area contributed by atoms with Crippen LogP contribution < -0.4 is 0 Å². The molecule has 1 aromatic carbocycles. The van der Waals surface area contributed by atoms with Gasteiger partial charge in [0, 0.05) is 17.4 Å². The summed E-state index contributed by atoms with van der Waals surface area (Å²) in [5, 5.41) is 11.2. The highest BCUT2D eigenvalue weighted by atomic mass is 19.3. The summed E-state index contributed by atoms with van der Waals surface area (Å²) in [6, 6.07) is 8.59. The maximum absolute atomic E-state index is 14.8. The first-order chi connectivity index (χ1) is 16.2. The van der Waals surface area contributed by atoms with E-state index in [1.54, 1.807) is 5.92 Å². The van der Waals surface area contributed by atoms with Crippen molar-refractivity contribution in [2.24, 2.45) is 17.3 Å². The van der Waals surface area contributed by atoms with E-state index in [1.807, 2.05) is 6.92 Å². The minimum atomic E-state index is -3.53. The van der Waals surface area contributed by atoms with Gasteiger partial charge in [0.15, 0.2) is 5.78 Å². The summed E-state index contributed by atoms with van der Waals surface area (Å²) in [6.07, 6.45) is 12.4. The molecular weight excluding hydrogens is 430 g/mol. The topological polar surface area (TPSA) is 37.3 Å². The molecule has 6 rings (SSSR count). The number of hydrogen-bond acceptors (Lipinski definition) is 2. The van der Waals surface area contributed by atoms with Crippen LogP contribution in [-0.4, -0.2) is 22.4 Å². The Morgan fingerprint density at radius 3 is 2.41 bits per heavy atom. The van der Waals surface area contributed by atoms with E-state index in [-0.39, 0.29) is 24.0 Å². The molecule has 5 aliphatic carbocycles. The van der Waals surface area contributed by atoms with Gasteiger partial charge in [0.25, 0.3) is 0 Å². The van der Waals surface area contributed by atoms with E-state index in [4.69, 9.17) is 6.42 Å². The molecular formula is C30H32F2O2. The third-order valence-electron chi connectivity index (χ3n) is 10.0. The molecule has 34 heavy (non-hydrogen) atoms. The Bertz CT molecular complexity index is 1160. The molecule has 4 heteroatoms. The molecule has 0 aromatic heterocycles. The number of terminal acetylenes is 1. The molecule has 0 unspecified atom stereocenters. The molecule has 0 radical (unpaired) electrons. The average molecular weight is 463 g/mol. The van der Waals surface area contributed by atoms with E-state index >= 15 is 0 Å². The number of carbonyl (C=O) groups is 1. The highest BCUT2D eigenvalue weighted by Gasteiger charge is 2.69. The van der Waals surface area contributed by atoms with Gasteiger partial charge >= 0.3 is 5.92 Å². The molecule has 0 heterocycles. The van der Waals surface area contributed by atoms with Gasteiger partial charge in [-0.3, -0.25) is 4.79 Å². The Balaban J connectivity index is 1.39. The van der Waals surface area contributed by atoms with Crippen molar-refractivity contribution < 1.29 is 18.7 Å². The predicted molar refractivity (Wildman–Crippen MR) is 128 cm³/mol. The number of rotatable bonds is 3. The fraction of sp³-hybridized carbons (Fsp3) is 0.567. The zero-order valence-corrected chi connectivity index (χ0v) is 19.8. The first kappa shape index (κ1) is 22.2. The summed E-state index contributed by atoms with van der Waals surface area (Å²) in [5.41, 5.74) is 4.06. The quantitative estimate of drug-likeness (QED) is 0.514. The Hall–Kier alpha value is -2.25. The van der Waals surface area contributed by atoms with Gasteiger partial charge in [0.05, 0.1) is 0 Å². The second-order valence-electron chi connectivity index (χ2n) is 11.5. The van der Waals surface area contributed by atoms with Gasteiger partial charge in [-0.05, 0) is 104 Å². The lowest BCUT2D eigenvalue weighted by Crippen LogP contribution is -2.59. The van der Waals surface area contributed by atoms with E-state index < -0.39 is 16.9 Å². The molecule has 3 fully saturated rings. The minimum Gasteiger partial charge on any atom is -0.382 e. The van der Waals surface area contributed by atoms with Crippen LogP contribution in [0.2, 0.25) is 0 Å². The lowest BCUT2D eigenvalue weighted by Gasteiger charge is -2.52. The highest BCUT2D eigenvalue weighted by molar-refractivity contribution is 6.23. The molecule has 2 nitrogen and oxygen atoms in total. The lowest BCUT2D eigenvalue weighted by molar-refractivity contribution is -0.207. The SMILES string of the molecule is C#CC(F)(F)[C@]1(O)CC[C@H]2[C@@H]3CCC4=C(c5ccc(C6CC6)cc5)C(=O)CCC4=C3CC[C@@]21C. The molecule has 5 aliphatic rings. The van der Waals surface area contributed by atoms with Crippen molar-refractivity contribution in [2.75, 3.05) is 0 Å². The van der Waals surface area contributed by atoms with E-state index in [1.165, 1.54) is 35.1 Å². The Kier molecular flexibility index (Phi) is 4.82. The fourth-order valence-electron chi connectivity index (χ4n) is 7.96. The Morgan fingerprint density at radius 1 is 1.00 bits per heavy atom. The molecule has 1 N–H and O–H groups in total. The molecule has 0 spiro atoms. The van der Waals surface area contributed by atoms with Crippen LogP contribution in [-0.2, 0) is 4.79 Å². The standard InChI is InChI=1S/C30H32F2O2/c1-3-30(31,32)29(34)17-15-25-23-10-11-24-21(22(23)14-16-28(25,29)2)12-13-26(33)27(24)20-8-6-19(7-9-20)18-4-5-18/h1,6-9,18,23,25,34H,4-5,10-17H2,2H3/t23-,25+,28+,29+/m1/s1. The first-order valence-corrected chi connectivity index (χ1v) is 12.9. The fourth-order valence-corrected chi connectivity index (χ4v) is 7.96. The van der Waals surface area contributed by atoms with Crippen LogP contribution in [0.15, 0.2) is 41.0 Å². The van der Waals surface area contributed by atoms with E-state index in [0.717, 1.165) is 30.4 Å². The van der Waals surface area contributed by atoms with Crippen LogP contribution in [0.1, 0.15) is 88.2 Å². The third-order valence-corrected chi connectivity index (χ3v) is 10.0. The van der Waals surface area contributed by atoms with Gasteiger partial charge in [0.1, 0.15) is 5.60 Å². The van der Waals surface area contributed by atoms with Crippen LogP contribution in [0.4, 0.5) is 8.78 Å². The maximum atomic E-state index is 14.8. The van der Waals surface area contributed by atoms with E-state index in [2.05, 4.69) is 24.3 Å². The number of ketones is 1. The molecule has 0 bridgehead atoms. The molecule has 0 aliphatic heterocycles. The second-order valence-corrected chi connectivity index (χ2v) is 11.5. The highest BCUT2D eigenvalue weighted by Crippen LogP contribution is 2.66. The van der Waals surface area contributed by atoms with Gasteiger partial charge in [-0.15, -0.1) is 6.42 Å². The number of carbonyl (C=O) groups excluding carboxylic acids is 1.